The monoisotopic (exact) mass is 363 g/mol. The van der Waals surface area contributed by atoms with Crippen LogP contribution in [0.1, 0.15) is 45.3 Å². The molecule has 4 nitrogen and oxygen atoms in total. The molecule has 0 amide bonds. The van der Waals surface area contributed by atoms with Gasteiger partial charge in [-0.3, -0.25) is 0 Å². The van der Waals surface area contributed by atoms with Gasteiger partial charge >= 0.3 is 0 Å². The van der Waals surface area contributed by atoms with Gasteiger partial charge in [-0.2, -0.15) is 0 Å². The molecule has 2 N–H and O–H groups in total. The van der Waals surface area contributed by atoms with Crippen LogP contribution in [0.15, 0.2) is 59.1 Å². The molecule has 140 valence electrons. The van der Waals surface area contributed by atoms with Crippen LogP contribution in [-0.4, -0.2) is 21.0 Å². The number of benzene rings is 2. The second kappa shape index (κ2) is 6.54. The molecule has 0 aliphatic heterocycles. The zero-order valence-corrected chi connectivity index (χ0v) is 15.8. The maximum Gasteiger partial charge on any atom is 0.154 e. The van der Waals surface area contributed by atoms with E-state index in [1.54, 1.807) is 12.1 Å². The fraction of sp³-hybridized carbons (Fsp3) is 0.348. The number of aromatic nitrogens is 1. The predicted molar refractivity (Wildman–Crippen MR) is 105 cm³/mol. The average molecular weight is 363 g/mol. The third-order valence-electron chi connectivity index (χ3n) is 6.14. The van der Waals surface area contributed by atoms with Crippen LogP contribution in [0.4, 0.5) is 0 Å². The molecular formula is C23H25NO3. The first-order chi connectivity index (χ1) is 13.0. The predicted octanol–water partition coefficient (Wildman–Crippen LogP) is 5.30. The van der Waals surface area contributed by atoms with E-state index in [-0.39, 0.29) is 11.2 Å². The molecule has 1 saturated carbocycles. The minimum atomic E-state index is -0.803. The third-order valence-corrected chi connectivity index (χ3v) is 6.14. The van der Waals surface area contributed by atoms with Crippen molar-refractivity contribution >= 4 is 0 Å². The van der Waals surface area contributed by atoms with Crippen molar-refractivity contribution in [3.63, 3.8) is 0 Å². The largest absolute Gasteiger partial charge is 0.508 e. The highest BCUT2D eigenvalue weighted by Crippen LogP contribution is 2.61. The van der Waals surface area contributed by atoms with Crippen molar-refractivity contribution in [1.29, 1.82) is 0 Å². The lowest BCUT2D eigenvalue weighted by Gasteiger charge is -2.34. The van der Waals surface area contributed by atoms with Gasteiger partial charge in [0.05, 0.1) is 16.6 Å². The molecule has 1 aliphatic carbocycles. The Hall–Kier alpha value is -2.59. The van der Waals surface area contributed by atoms with E-state index in [9.17, 15) is 10.2 Å². The van der Waals surface area contributed by atoms with Crippen LogP contribution < -0.4 is 0 Å². The topological polar surface area (TPSA) is 66.5 Å². The zero-order valence-electron chi connectivity index (χ0n) is 15.8. The number of phenols is 1. The molecule has 1 aliphatic rings. The number of hydrogen-bond donors (Lipinski definition) is 2. The summed E-state index contributed by atoms with van der Waals surface area (Å²) in [4.78, 5) is 0. The summed E-state index contributed by atoms with van der Waals surface area (Å²) in [5.41, 5.74) is 2.41. The van der Waals surface area contributed by atoms with E-state index >= 15 is 0 Å². The number of aromatic hydroxyl groups is 1. The Kier molecular flexibility index (Phi) is 4.31. The first kappa shape index (κ1) is 17.8. The molecule has 3 aromatic rings. The maximum atomic E-state index is 11.3. The van der Waals surface area contributed by atoms with Gasteiger partial charge in [-0.15, -0.1) is 0 Å². The van der Waals surface area contributed by atoms with E-state index in [1.165, 1.54) is 0 Å². The van der Waals surface area contributed by atoms with Crippen molar-refractivity contribution in [1.82, 2.24) is 5.16 Å². The molecule has 0 radical (unpaired) electrons. The molecule has 0 unspecified atom stereocenters. The lowest BCUT2D eigenvalue weighted by atomic mass is 9.76. The van der Waals surface area contributed by atoms with Crippen molar-refractivity contribution in [2.45, 2.75) is 50.5 Å². The Morgan fingerprint density at radius 2 is 1.59 bits per heavy atom. The summed E-state index contributed by atoms with van der Waals surface area (Å²) < 4.78 is 5.94. The van der Waals surface area contributed by atoms with Crippen molar-refractivity contribution in [3.8, 4) is 28.1 Å². The highest BCUT2D eigenvalue weighted by molar-refractivity contribution is 5.83. The van der Waals surface area contributed by atoms with Crippen molar-refractivity contribution in [2.75, 3.05) is 0 Å². The molecular weight excluding hydrogens is 338 g/mol. The Morgan fingerprint density at radius 3 is 2.15 bits per heavy atom. The van der Waals surface area contributed by atoms with E-state index in [1.807, 2.05) is 56.3 Å². The number of rotatable bonds is 6. The lowest BCUT2D eigenvalue weighted by Crippen LogP contribution is -2.41. The first-order valence-electron chi connectivity index (χ1n) is 9.62. The Balaban J connectivity index is 1.93. The zero-order chi connectivity index (χ0) is 19.1. The maximum absolute atomic E-state index is 11.3. The van der Waals surface area contributed by atoms with Gasteiger partial charge in [0.2, 0.25) is 0 Å². The summed E-state index contributed by atoms with van der Waals surface area (Å²) in [6.07, 6.45) is 3.14. The van der Waals surface area contributed by atoms with Crippen LogP contribution in [0, 0.1) is 0 Å². The number of nitrogens with zero attached hydrogens (tertiary/aromatic N) is 1. The summed E-state index contributed by atoms with van der Waals surface area (Å²) in [5, 5.41) is 25.4. The van der Waals surface area contributed by atoms with Gasteiger partial charge in [-0.1, -0.05) is 49.3 Å². The van der Waals surface area contributed by atoms with E-state index in [0.717, 1.165) is 41.0 Å². The second-order valence-electron chi connectivity index (χ2n) is 7.47. The van der Waals surface area contributed by atoms with Gasteiger partial charge in [0.1, 0.15) is 11.4 Å². The van der Waals surface area contributed by atoms with Crippen molar-refractivity contribution in [3.05, 3.63) is 60.4 Å². The molecule has 0 atom stereocenters. The lowest BCUT2D eigenvalue weighted by molar-refractivity contribution is -0.0154. The Labute approximate surface area is 159 Å². The molecule has 1 fully saturated rings. The number of hydrogen-bond acceptors (Lipinski definition) is 4. The van der Waals surface area contributed by atoms with E-state index in [4.69, 9.17) is 4.52 Å². The SMILES string of the molecule is CCC(O)(CC)C1(c2onc(-c3ccc(O)cc3)c2-c2ccccc2)CC1. The van der Waals surface area contributed by atoms with Gasteiger partial charge in [0.25, 0.3) is 0 Å². The molecule has 0 spiro atoms. The molecule has 0 saturated heterocycles. The second-order valence-corrected chi connectivity index (χ2v) is 7.47. The van der Waals surface area contributed by atoms with Crippen LogP contribution >= 0.6 is 0 Å². The quantitative estimate of drug-likeness (QED) is 0.624. The average Bonchev–Trinajstić information content (AvgIpc) is 3.41. The molecule has 0 bridgehead atoms. The van der Waals surface area contributed by atoms with Crippen LogP contribution in [-0.2, 0) is 5.41 Å². The van der Waals surface area contributed by atoms with Gasteiger partial charge in [0, 0.05) is 5.56 Å². The Bertz CT molecular complexity index is 920. The molecule has 4 heteroatoms. The summed E-state index contributed by atoms with van der Waals surface area (Å²) in [6.45, 7) is 4.06. The van der Waals surface area contributed by atoms with Crippen LogP contribution in [0.3, 0.4) is 0 Å². The highest BCUT2D eigenvalue weighted by Gasteiger charge is 2.61. The normalized spacial score (nSPS) is 15.7. The molecule has 4 rings (SSSR count). The van der Waals surface area contributed by atoms with Gasteiger partial charge in [0.15, 0.2) is 5.76 Å². The summed E-state index contributed by atoms with van der Waals surface area (Å²) in [6, 6.07) is 17.1. The smallest absolute Gasteiger partial charge is 0.154 e. The fourth-order valence-electron chi connectivity index (χ4n) is 4.26. The third kappa shape index (κ3) is 2.76. The Morgan fingerprint density at radius 1 is 0.963 bits per heavy atom. The standard InChI is InChI=1S/C23H25NO3/c1-3-23(26,4-2)22(14-15-22)21-19(16-8-6-5-7-9-16)20(24-27-21)17-10-12-18(25)13-11-17/h5-13,25-26H,3-4,14-15H2,1-2H3. The summed E-state index contributed by atoms with van der Waals surface area (Å²) >= 11 is 0. The highest BCUT2D eigenvalue weighted by atomic mass is 16.5. The summed E-state index contributed by atoms with van der Waals surface area (Å²) in [5.74, 6) is 0.997. The van der Waals surface area contributed by atoms with E-state index in [0.29, 0.717) is 12.8 Å². The number of phenolic OH excluding ortho intramolecular Hbond substituents is 1. The van der Waals surface area contributed by atoms with Crippen LogP contribution in [0.2, 0.25) is 0 Å². The van der Waals surface area contributed by atoms with Crippen LogP contribution in [0.5, 0.6) is 5.75 Å². The molecule has 1 aromatic heterocycles. The molecule has 2 aromatic carbocycles. The number of aliphatic hydroxyl groups is 1. The van der Waals surface area contributed by atoms with Gasteiger partial charge < -0.3 is 14.7 Å². The van der Waals surface area contributed by atoms with E-state index in [2.05, 4.69) is 5.16 Å². The molecule has 1 heterocycles. The van der Waals surface area contributed by atoms with Gasteiger partial charge in [-0.25, -0.2) is 0 Å². The summed E-state index contributed by atoms with van der Waals surface area (Å²) in [7, 11) is 0. The minimum absolute atomic E-state index is 0.216. The minimum Gasteiger partial charge on any atom is -0.508 e. The first-order valence-corrected chi connectivity index (χ1v) is 9.62. The molecule has 27 heavy (non-hydrogen) atoms. The van der Waals surface area contributed by atoms with Crippen LogP contribution in [0.25, 0.3) is 22.4 Å². The van der Waals surface area contributed by atoms with Crippen molar-refractivity contribution in [2.24, 2.45) is 0 Å². The van der Waals surface area contributed by atoms with Gasteiger partial charge in [-0.05, 0) is 55.5 Å². The fourth-order valence-corrected chi connectivity index (χ4v) is 4.26. The van der Waals surface area contributed by atoms with Crippen molar-refractivity contribution < 1.29 is 14.7 Å². The van der Waals surface area contributed by atoms with E-state index < -0.39 is 5.60 Å².